The first-order valence-electron chi connectivity index (χ1n) is 10.0. The van der Waals surface area contributed by atoms with Crippen LogP contribution in [-0.4, -0.2) is 46.2 Å². The fourth-order valence-corrected chi connectivity index (χ4v) is 3.06. The lowest BCUT2D eigenvalue weighted by Gasteiger charge is -2.15. The van der Waals surface area contributed by atoms with E-state index in [2.05, 4.69) is 5.32 Å². The van der Waals surface area contributed by atoms with E-state index in [4.69, 9.17) is 14.2 Å². The second-order valence-corrected chi connectivity index (χ2v) is 7.19. The summed E-state index contributed by atoms with van der Waals surface area (Å²) in [5.74, 6) is -1.04. The summed E-state index contributed by atoms with van der Waals surface area (Å²) in [6.07, 6.45) is 0. The van der Waals surface area contributed by atoms with Crippen LogP contribution in [0.1, 0.15) is 31.1 Å². The first-order chi connectivity index (χ1) is 15.8. The van der Waals surface area contributed by atoms with E-state index in [9.17, 15) is 14.4 Å². The second-order valence-electron chi connectivity index (χ2n) is 7.19. The van der Waals surface area contributed by atoms with Crippen LogP contribution < -0.4 is 15.0 Å². The molecule has 0 radical (unpaired) electrons. The zero-order valence-electron chi connectivity index (χ0n) is 18.7. The largest absolute Gasteiger partial charge is 0.465 e. The van der Waals surface area contributed by atoms with Gasteiger partial charge in [-0.2, -0.15) is 0 Å². The van der Waals surface area contributed by atoms with Crippen molar-refractivity contribution < 1.29 is 28.6 Å². The van der Waals surface area contributed by atoms with E-state index in [-0.39, 0.29) is 22.8 Å². The summed E-state index contributed by atoms with van der Waals surface area (Å²) in [5, 5.41) is 2.85. The van der Waals surface area contributed by atoms with Crippen molar-refractivity contribution in [3.05, 3.63) is 83.4 Å². The van der Waals surface area contributed by atoms with Crippen LogP contribution in [0.3, 0.4) is 0 Å². The maximum atomic E-state index is 12.8. The molecular formula is C25H24N2O6. The van der Waals surface area contributed by atoms with Crippen LogP contribution in [0, 0.1) is 0 Å². The van der Waals surface area contributed by atoms with Crippen molar-refractivity contribution in [1.29, 1.82) is 0 Å². The third kappa shape index (κ3) is 5.48. The summed E-state index contributed by atoms with van der Waals surface area (Å²) < 4.78 is 15.4. The lowest BCUT2D eigenvalue weighted by molar-refractivity contribution is 0.0555. The highest BCUT2D eigenvalue weighted by Gasteiger charge is 2.20. The highest BCUT2D eigenvalue weighted by molar-refractivity contribution is 6.06. The van der Waals surface area contributed by atoms with Gasteiger partial charge in [0.05, 0.1) is 31.0 Å². The van der Waals surface area contributed by atoms with Gasteiger partial charge in [-0.3, -0.25) is 4.79 Å². The molecule has 3 rings (SSSR count). The molecule has 33 heavy (non-hydrogen) atoms. The Hall–Kier alpha value is -4.33. The van der Waals surface area contributed by atoms with Crippen molar-refractivity contribution in [2.24, 2.45) is 0 Å². The fraction of sp³-hybridized carbons (Fsp3) is 0.160. The van der Waals surface area contributed by atoms with Crippen LogP contribution in [0.4, 0.5) is 11.4 Å². The SMILES string of the molecule is COC(=O)c1ccc(Oc2ccccc2NC(=O)c2cccc(N(C)C)c2)cc1C(=O)OC. The average molecular weight is 448 g/mol. The molecule has 170 valence electrons. The average Bonchev–Trinajstić information content (AvgIpc) is 2.84. The summed E-state index contributed by atoms with van der Waals surface area (Å²) in [7, 11) is 6.23. The Balaban J connectivity index is 1.88. The zero-order chi connectivity index (χ0) is 24.0. The first kappa shape index (κ1) is 23.3. The number of para-hydroxylation sites is 2. The molecule has 0 unspecified atom stereocenters. The predicted molar refractivity (Wildman–Crippen MR) is 124 cm³/mol. The summed E-state index contributed by atoms with van der Waals surface area (Å²) in [5.41, 5.74) is 1.89. The van der Waals surface area contributed by atoms with Gasteiger partial charge in [0.1, 0.15) is 5.75 Å². The summed E-state index contributed by atoms with van der Waals surface area (Å²) in [6.45, 7) is 0. The van der Waals surface area contributed by atoms with Gasteiger partial charge in [0.25, 0.3) is 5.91 Å². The number of benzene rings is 3. The smallest absolute Gasteiger partial charge is 0.338 e. The van der Waals surface area contributed by atoms with Crippen molar-refractivity contribution in [3.8, 4) is 11.5 Å². The van der Waals surface area contributed by atoms with Crippen molar-refractivity contribution in [1.82, 2.24) is 0 Å². The number of anilines is 2. The molecule has 0 atom stereocenters. The predicted octanol–water partition coefficient (Wildman–Crippen LogP) is 4.37. The van der Waals surface area contributed by atoms with Crippen molar-refractivity contribution >= 4 is 29.2 Å². The van der Waals surface area contributed by atoms with Gasteiger partial charge in [0.2, 0.25) is 0 Å². The number of nitrogens with one attached hydrogen (secondary N) is 1. The molecule has 0 heterocycles. The van der Waals surface area contributed by atoms with Crippen LogP contribution in [0.25, 0.3) is 0 Å². The van der Waals surface area contributed by atoms with Crippen LogP contribution in [0.15, 0.2) is 66.7 Å². The van der Waals surface area contributed by atoms with Crippen LogP contribution in [-0.2, 0) is 9.47 Å². The van der Waals surface area contributed by atoms with Crippen LogP contribution in [0.2, 0.25) is 0 Å². The molecule has 3 aromatic carbocycles. The number of hydrogen-bond donors (Lipinski definition) is 1. The number of nitrogens with zero attached hydrogens (tertiary/aromatic N) is 1. The minimum atomic E-state index is -0.705. The lowest BCUT2D eigenvalue weighted by Crippen LogP contribution is -2.14. The topological polar surface area (TPSA) is 94.2 Å². The van der Waals surface area contributed by atoms with E-state index in [0.717, 1.165) is 5.69 Å². The second kappa shape index (κ2) is 10.3. The monoisotopic (exact) mass is 448 g/mol. The minimum absolute atomic E-state index is 0.00358. The Morgan fingerprint density at radius 1 is 0.788 bits per heavy atom. The third-order valence-electron chi connectivity index (χ3n) is 4.79. The maximum Gasteiger partial charge on any atom is 0.338 e. The van der Waals surface area contributed by atoms with Gasteiger partial charge in [-0.05, 0) is 48.5 Å². The van der Waals surface area contributed by atoms with Gasteiger partial charge >= 0.3 is 11.9 Å². The first-order valence-corrected chi connectivity index (χ1v) is 10.0. The fourth-order valence-electron chi connectivity index (χ4n) is 3.06. The van der Waals surface area contributed by atoms with Crippen molar-refractivity contribution in [2.45, 2.75) is 0 Å². The number of ether oxygens (including phenoxy) is 3. The molecule has 3 aromatic rings. The molecular weight excluding hydrogens is 424 g/mol. The lowest BCUT2D eigenvalue weighted by atomic mass is 10.1. The van der Waals surface area contributed by atoms with E-state index in [1.807, 2.05) is 31.1 Å². The molecule has 0 spiro atoms. The van der Waals surface area contributed by atoms with Gasteiger partial charge in [-0.15, -0.1) is 0 Å². The van der Waals surface area contributed by atoms with Gasteiger partial charge in [0.15, 0.2) is 5.75 Å². The standard InChI is InChI=1S/C25H24N2O6/c1-27(2)17-9-7-8-16(14-17)23(28)26-21-10-5-6-11-22(21)33-18-12-13-19(24(29)31-3)20(15-18)25(30)32-4/h5-15H,1-4H3,(H,26,28). The van der Waals surface area contributed by atoms with E-state index < -0.39 is 11.9 Å². The number of carbonyl (C=O) groups is 3. The number of rotatable bonds is 7. The molecule has 0 aliphatic carbocycles. The molecule has 1 amide bonds. The van der Waals surface area contributed by atoms with Gasteiger partial charge in [0, 0.05) is 25.3 Å². The van der Waals surface area contributed by atoms with Crippen molar-refractivity contribution in [3.63, 3.8) is 0 Å². The molecule has 0 aliphatic heterocycles. The summed E-state index contributed by atoms with van der Waals surface area (Å²) >= 11 is 0. The van der Waals surface area contributed by atoms with Crippen LogP contribution >= 0.6 is 0 Å². The van der Waals surface area contributed by atoms with Crippen molar-refractivity contribution in [2.75, 3.05) is 38.5 Å². The molecule has 8 heteroatoms. The Bertz CT molecular complexity index is 1190. The van der Waals surface area contributed by atoms with E-state index >= 15 is 0 Å². The zero-order valence-corrected chi connectivity index (χ0v) is 18.7. The Kier molecular flexibility index (Phi) is 7.30. The normalized spacial score (nSPS) is 10.2. The third-order valence-corrected chi connectivity index (χ3v) is 4.79. The van der Waals surface area contributed by atoms with Gasteiger partial charge in [-0.25, -0.2) is 9.59 Å². The molecule has 0 aromatic heterocycles. The molecule has 0 aliphatic rings. The quantitative estimate of drug-likeness (QED) is 0.537. The molecule has 0 saturated heterocycles. The number of methoxy groups -OCH3 is 2. The highest BCUT2D eigenvalue weighted by Crippen LogP contribution is 2.31. The minimum Gasteiger partial charge on any atom is -0.465 e. The molecule has 0 bridgehead atoms. The number of carbonyl (C=O) groups excluding carboxylic acids is 3. The Morgan fingerprint density at radius 2 is 1.48 bits per heavy atom. The van der Waals surface area contributed by atoms with E-state index in [1.54, 1.807) is 36.4 Å². The molecule has 0 saturated carbocycles. The Labute approximate surface area is 191 Å². The number of esters is 2. The highest BCUT2D eigenvalue weighted by atomic mass is 16.5. The van der Waals surface area contributed by atoms with Crippen LogP contribution in [0.5, 0.6) is 11.5 Å². The van der Waals surface area contributed by atoms with Gasteiger partial charge < -0.3 is 24.4 Å². The number of amides is 1. The summed E-state index contributed by atoms with van der Waals surface area (Å²) in [6, 6.07) is 18.4. The summed E-state index contributed by atoms with van der Waals surface area (Å²) in [4.78, 5) is 38.9. The molecule has 1 N–H and O–H groups in total. The Morgan fingerprint density at radius 3 is 2.18 bits per heavy atom. The molecule has 8 nitrogen and oxygen atoms in total. The maximum absolute atomic E-state index is 12.8. The van der Waals surface area contributed by atoms with E-state index in [0.29, 0.717) is 17.0 Å². The molecule has 0 fully saturated rings. The number of hydrogen-bond acceptors (Lipinski definition) is 7. The van der Waals surface area contributed by atoms with Gasteiger partial charge in [-0.1, -0.05) is 18.2 Å². The van der Waals surface area contributed by atoms with E-state index in [1.165, 1.54) is 32.4 Å².